The average molecular weight is 543 g/mol. The molecule has 0 heterocycles. The van der Waals surface area contributed by atoms with Gasteiger partial charge in [0.15, 0.2) is 11.4 Å². The number of carbonyl (C=O) groups is 4. The molecule has 8 nitrogen and oxygen atoms in total. The lowest BCUT2D eigenvalue weighted by atomic mass is 9.44. The highest BCUT2D eigenvalue weighted by molar-refractivity contribution is 6.01. The van der Waals surface area contributed by atoms with Gasteiger partial charge in [-0.1, -0.05) is 39.3 Å². The Labute approximate surface area is 218 Å². The minimum absolute atomic E-state index is 0.0353. The highest BCUT2D eigenvalue weighted by atomic mass is 19.4. The Morgan fingerprint density at radius 1 is 1.24 bits per heavy atom. The van der Waals surface area contributed by atoms with Crippen molar-refractivity contribution < 1.29 is 52.0 Å². The van der Waals surface area contributed by atoms with Gasteiger partial charge in [0.25, 0.3) is 6.29 Å². The summed E-state index contributed by atoms with van der Waals surface area (Å²) in [4.78, 5) is 49.6. The van der Waals surface area contributed by atoms with E-state index in [4.69, 9.17) is 4.74 Å². The van der Waals surface area contributed by atoms with Crippen LogP contribution in [-0.2, 0) is 28.7 Å². The molecule has 3 saturated carbocycles. The van der Waals surface area contributed by atoms with Crippen molar-refractivity contribution in [1.82, 2.24) is 0 Å². The molecule has 3 fully saturated rings. The van der Waals surface area contributed by atoms with E-state index in [1.165, 1.54) is 13.0 Å². The lowest BCUT2D eigenvalue weighted by Crippen LogP contribution is -2.64. The van der Waals surface area contributed by atoms with E-state index in [0.29, 0.717) is 12.8 Å². The predicted octanol–water partition coefficient (Wildman–Crippen LogP) is 3.20. The van der Waals surface area contributed by atoms with Crippen molar-refractivity contribution in [2.45, 2.75) is 84.0 Å². The first-order chi connectivity index (χ1) is 17.5. The molecular formula is C27H33F3O8. The second-order valence-electron chi connectivity index (χ2n) is 11.6. The number of alkyl halides is 3. The summed E-state index contributed by atoms with van der Waals surface area (Å²) in [7, 11) is 0. The number of hydrogen-bond acceptors (Lipinski definition) is 8. The number of allylic oxidation sites excluding steroid dienone is 4. The van der Waals surface area contributed by atoms with E-state index in [9.17, 15) is 42.6 Å². The molecule has 0 bridgehead atoms. The number of halogens is 3. The topological polar surface area (TPSA) is 127 Å². The molecule has 0 aliphatic heterocycles. The third kappa shape index (κ3) is 4.13. The van der Waals surface area contributed by atoms with Gasteiger partial charge in [-0.2, -0.15) is 13.2 Å². The van der Waals surface area contributed by atoms with Gasteiger partial charge in [-0.25, -0.2) is 4.79 Å². The largest absolute Gasteiger partial charge is 0.491 e. The molecule has 0 radical (unpaired) electrons. The minimum Gasteiger partial charge on any atom is -0.450 e. The number of carbonyl (C=O) groups excluding carboxylic acids is 4. The molecule has 0 aromatic heterocycles. The van der Waals surface area contributed by atoms with Crippen LogP contribution in [0.25, 0.3) is 0 Å². The average Bonchev–Trinajstić information content (AvgIpc) is 3.10. The number of rotatable bonds is 5. The molecule has 0 spiro atoms. The first-order valence-electron chi connectivity index (χ1n) is 12.9. The van der Waals surface area contributed by atoms with Crippen molar-refractivity contribution in [2.24, 2.45) is 34.5 Å². The monoisotopic (exact) mass is 542 g/mol. The van der Waals surface area contributed by atoms with Crippen molar-refractivity contribution in [2.75, 3.05) is 0 Å². The van der Waals surface area contributed by atoms with Gasteiger partial charge >= 0.3 is 18.1 Å². The molecule has 38 heavy (non-hydrogen) atoms. The third-order valence-electron chi connectivity index (χ3n) is 9.59. The number of ketones is 2. The molecule has 0 saturated heterocycles. The fourth-order valence-corrected chi connectivity index (χ4v) is 8.05. The van der Waals surface area contributed by atoms with Gasteiger partial charge in [0, 0.05) is 23.2 Å². The Balaban J connectivity index is 1.75. The number of fused-ring (bicyclic) bond motifs is 5. The fraction of sp³-hybridized carbons (Fsp3) is 0.704. The van der Waals surface area contributed by atoms with Crippen molar-refractivity contribution in [3.8, 4) is 0 Å². The first-order valence-corrected chi connectivity index (χ1v) is 12.9. The summed E-state index contributed by atoms with van der Waals surface area (Å²) in [6, 6.07) is 0. The van der Waals surface area contributed by atoms with Gasteiger partial charge in [-0.05, 0) is 55.6 Å². The van der Waals surface area contributed by atoms with Gasteiger partial charge in [0.2, 0.25) is 5.78 Å². The van der Waals surface area contributed by atoms with Gasteiger partial charge in [-0.15, -0.1) is 0 Å². The molecule has 4 aliphatic carbocycles. The highest BCUT2D eigenvalue weighted by Crippen LogP contribution is 2.68. The Morgan fingerprint density at radius 3 is 2.50 bits per heavy atom. The number of aliphatic hydroxyl groups excluding tert-OH is 2. The van der Waals surface area contributed by atoms with Crippen LogP contribution in [0.15, 0.2) is 23.8 Å². The number of Topliss-reactive ketones (excluding diaryl/α,β-unsaturated/α-hetero) is 1. The second kappa shape index (κ2) is 9.29. The van der Waals surface area contributed by atoms with Crippen LogP contribution < -0.4 is 0 Å². The molecule has 3 unspecified atom stereocenters. The van der Waals surface area contributed by atoms with Gasteiger partial charge in [0.1, 0.15) is 0 Å². The zero-order valence-corrected chi connectivity index (χ0v) is 21.7. The van der Waals surface area contributed by atoms with E-state index in [2.05, 4.69) is 4.74 Å². The fourth-order valence-electron chi connectivity index (χ4n) is 8.05. The van der Waals surface area contributed by atoms with Crippen LogP contribution in [-0.4, -0.2) is 57.9 Å². The molecule has 4 aliphatic rings. The van der Waals surface area contributed by atoms with Crippen LogP contribution >= 0.6 is 0 Å². The summed E-state index contributed by atoms with van der Waals surface area (Å²) < 4.78 is 48.0. The van der Waals surface area contributed by atoms with Crippen molar-refractivity contribution in [3.05, 3.63) is 23.8 Å². The number of esters is 2. The Hall–Kier alpha value is -2.53. The number of hydrogen-bond donors (Lipinski definition) is 2. The summed E-state index contributed by atoms with van der Waals surface area (Å²) in [5.41, 5.74) is -3.09. The van der Waals surface area contributed by atoms with Crippen molar-refractivity contribution in [3.63, 3.8) is 0 Å². The van der Waals surface area contributed by atoms with Crippen molar-refractivity contribution >= 4 is 23.5 Å². The molecule has 9 atom stereocenters. The molecule has 2 N–H and O–H groups in total. The highest BCUT2D eigenvalue weighted by Gasteiger charge is 2.72. The van der Waals surface area contributed by atoms with E-state index in [-0.39, 0.29) is 48.7 Å². The maximum atomic E-state index is 13.6. The van der Waals surface area contributed by atoms with Gasteiger partial charge in [-0.3, -0.25) is 14.4 Å². The lowest BCUT2D eigenvalue weighted by molar-refractivity contribution is -0.230. The summed E-state index contributed by atoms with van der Waals surface area (Å²) in [5, 5.41) is 21.9. The van der Waals surface area contributed by atoms with E-state index in [1.807, 2.05) is 19.9 Å². The van der Waals surface area contributed by atoms with Crippen molar-refractivity contribution in [1.29, 1.82) is 0 Å². The van der Waals surface area contributed by atoms with Crippen LogP contribution in [0.3, 0.4) is 0 Å². The molecular weight excluding hydrogens is 509 g/mol. The van der Waals surface area contributed by atoms with Crippen LogP contribution in [0.1, 0.15) is 59.8 Å². The molecule has 0 amide bonds. The molecule has 11 heteroatoms. The predicted molar refractivity (Wildman–Crippen MR) is 125 cm³/mol. The number of ether oxygens (including phenoxy) is 2. The number of aliphatic hydroxyl groups is 2. The third-order valence-corrected chi connectivity index (χ3v) is 9.59. The second-order valence-corrected chi connectivity index (χ2v) is 11.6. The summed E-state index contributed by atoms with van der Waals surface area (Å²) in [5.74, 6) is -5.91. The quantitative estimate of drug-likeness (QED) is 0.401. The molecule has 4 rings (SSSR count). The first kappa shape index (κ1) is 28.5. The van der Waals surface area contributed by atoms with Crippen LogP contribution in [0.2, 0.25) is 0 Å². The smallest absolute Gasteiger partial charge is 0.450 e. The summed E-state index contributed by atoms with van der Waals surface area (Å²) in [6.07, 6.45) is -3.80. The minimum atomic E-state index is -5.45. The molecule has 210 valence electrons. The zero-order chi connectivity index (χ0) is 28.4. The summed E-state index contributed by atoms with van der Waals surface area (Å²) in [6.45, 7) is 7.07. The Morgan fingerprint density at radius 2 is 1.89 bits per heavy atom. The van der Waals surface area contributed by atoms with Gasteiger partial charge < -0.3 is 19.7 Å². The SMILES string of the molecule is CCC(=O)O[C@]1(C(=O)C(O)OC(=O)C(F)(F)F)CC[C@H]2[C@@H]3CC(C)C4=CC(=O)C=C[C@]4(C)[C@H]3C(O)C[C@@]21C. The zero-order valence-electron chi connectivity index (χ0n) is 21.7. The standard InChI is InChI=1S/C27H33F3O8/c1-5-19(33)38-26(21(34)22(35)37-23(36)27(28,29)30)9-7-16-15-10-13(2)17-11-14(31)6-8-24(17,3)20(15)18(32)12-25(16,26)4/h6,8,11,13,15-16,18,20,22,32,35H,5,7,9-10,12H2,1-4H3/t13?,15-,16-,18?,20+,22?,24-,25-,26-/m0/s1. The molecule has 0 aromatic rings. The van der Waals surface area contributed by atoms with E-state index in [0.717, 1.165) is 5.57 Å². The Bertz CT molecular complexity index is 1110. The van der Waals surface area contributed by atoms with Crippen LogP contribution in [0.5, 0.6) is 0 Å². The van der Waals surface area contributed by atoms with Crippen LogP contribution in [0.4, 0.5) is 13.2 Å². The summed E-state index contributed by atoms with van der Waals surface area (Å²) >= 11 is 0. The lowest BCUT2D eigenvalue weighted by Gasteiger charge is -2.61. The Kier molecular flexibility index (Phi) is 6.96. The van der Waals surface area contributed by atoms with E-state index in [1.54, 1.807) is 13.0 Å². The van der Waals surface area contributed by atoms with Gasteiger partial charge in [0.05, 0.1) is 6.10 Å². The van der Waals surface area contributed by atoms with E-state index >= 15 is 0 Å². The van der Waals surface area contributed by atoms with E-state index < -0.39 is 52.7 Å². The maximum Gasteiger partial charge on any atom is 0.491 e. The maximum absolute atomic E-state index is 13.6. The van der Waals surface area contributed by atoms with Crippen LogP contribution in [0, 0.1) is 34.5 Å². The molecule has 0 aromatic carbocycles. The normalized spacial score (nSPS) is 40.8.